The van der Waals surface area contributed by atoms with Crippen LogP contribution < -0.4 is 5.32 Å². The molecule has 0 saturated heterocycles. The minimum Gasteiger partial charge on any atom is -0.387 e. The second kappa shape index (κ2) is 5.61. The fourth-order valence-electron chi connectivity index (χ4n) is 2.03. The second-order valence-electron chi connectivity index (χ2n) is 5.64. The number of rotatable bonds is 5. The summed E-state index contributed by atoms with van der Waals surface area (Å²) in [6.07, 6.45) is 1.98. The fourth-order valence-corrected chi connectivity index (χ4v) is 2.03. The molecular weight excluding hydrogens is 252 g/mol. The number of hydrogen-bond acceptors (Lipinski definition) is 4. The van der Waals surface area contributed by atoms with Crippen LogP contribution in [0.5, 0.6) is 0 Å². The zero-order valence-corrected chi connectivity index (χ0v) is 12.1. The number of nitrogens with zero attached hydrogens (tertiary/aromatic N) is 2. The van der Waals surface area contributed by atoms with Gasteiger partial charge in [-0.2, -0.15) is 10.4 Å². The van der Waals surface area contributed by atoms with Crippen molar-refractivity contribution in [1.82, 2.24) is 15.5 Å². The van der Waals surface area contributed by atoms with E-state index in [4.69, 9.17) is 5.26 Å². The van der Waals surface area contributed by atoms with Gasteiger partial charge in [-0.1, -0.05) is 6.92 Å². The minimum atomic E-state index is -0.672. The molecule has 20 heavy (non-hydrogen) atoms. The molecule has 1 aromatic carbocycles. The molecule has 2 rings (SSSR count). The number of nitriles is 1. The van der Waals surface area contributed by atoms with Crippen molar-refractivity contribution in [2.24, 2.45) is 0 Å². The van der Waals surface area contributed by atoms with Crippen molar-refractivity contribution in [2.75, 3.05) is 6.54 Å². The molecule has 0 unspecified atom stereocenters. The van der Waals surface area contributed by atoms with Crippen LogP contribution in [0.25, 0.3) is 10.9 Å². The molecule has 3 N–H and O–H groups in total. The number of aromatic amines is 1. The SMILES string of the molecule is CCC(C)(C)NC[C@H](O)c1cc(C#N)cc2[nH]ncc12. The van der Waals surface area contributed by atoms with Gasteiger partial charge in [0.2, 0.25) is 0 Å². The molecule has 0 aliphatic heterocycles. The Morgan fingerprint density at radius 2 is 2.25 bits per heavy atom. The third kappa shape index (κ3) is 2.98. The maximum atomic E-state index is 10.4. The Morgan fingerprint density at radius 3 is 2.90 bits per heavy atom. The topological polar surface area (TPSA) is 84.7 Å². The van der Waals surface area contributed by atoms with Gasteiger partial charge in [0, 0.05) is 17.5 Å². The number of H-pyrrole nitrogens is 1. The molecule has 0 spiro atoms. The lowest BCUT2D eigenvalue weighted by Gasteiger charge is -2.26. The molecule has 1 aromatic heterocycles. The molecule has 1 atom stereocenters. The van der Waals surface area contributed by atoms with E-state index in [-0.39, 0.29) is 5.54 Å². The molecule has 5 heteroatoms. The largest absolute Gasteiger partial charge is 0.387 e. The highest BCUT2D eigenvalue weighted by Crippen LogP contribution is 2.25. The van der Waals surface area contributed by atoms with E-state index in [0.29, 0.717) is 12.1 Å². The summed E-state index contributed by atoms with van der Waals surface area (Å²) >= 11 is 0. The van der Waals surface area contributed by atoms with E-state index in [0.717, 1.165) is 22.9 Å². The molecule has 0 aliphatic carbocycles. The molecule has 1 heterocycles. The van der Waals surface area contributed by atoms with E-state index in [2.05, 4.69) is 42.4 Å². The highest BCUT2D eigenvalue weighted by molar-refractivity contribution is 5.83. The summed E-state index contributed by atoms with van der Waals surface area (Å²) in [6, 6.07) is 5.57. The van der Waals surface area contributed by atoms with Gasteiger partial charge in [0.25, 0.3) is 0 Å². The molecule has 0 bridgehead atoms. The first-order chi connectivity index (χ1) is 9.46. The molecular formula is C15H20N4O. The highest BCUT2D eigenvalue weighted by atomic mass is 16.3. The maximum Gasteiger partial charge on any atom is 0.0992 e. The number of benzene rings is 1. The average molecular weight is 272 g/mol. The van der Waals surface area contributed by atoms with Gasteiger partial charge in [0.1, 0.15) is 0 Å². The van der Waals surface area contributed by atoms with Crippen molar-refractivity contribution in [3.05, 3.63) is 29.5 Å². The minimum absolute atomic E-state index is 0.0245. The number of nitrogens with one attached hydrogen (secondary N) is 2. The van der Waals surface area contributed by atoms with Gasteiger partial charge in [-0.25, -0.2) is 0 Å². The zero-order chi connectivity index (χ0) is 14.8. The van der Waals surface area contributed by atoms with Crippen LogP contribution in [0.4, 0.5) is 0 Å². The van der Waals surface area contributed by atoms with Crippen LogP contribution >= 0.6 is 0 Å². The Hall–Kier alpha value is -1.90. The lowest BCUT2D eigenvalue weighted by atomic mass is 9.99. The number of aromatic nitrogens is 2. The van der Waals surface area contributed by atoms with Gasteiger partial charge in [-0.05, 0) is 38.0 Å². The molecule has 106 valence electrons. The second-order valence-corrected chi connectivity index (χ2v) is 5.64. The number of aliphatic hydroxyl groups excluding tert-OH is 1. The third-order valence-corrected chi connectivity index (χ3v) is 3.74. The molecule has 0 saturated carbocycles. The Balaban J connectivity index is 2.27. The monoisotopic (exact) mass is 272 g/mol. The van der Waals surface area contributed by atoms with Gasteiger partial charge in [-0.15, -0.1) is 0 Å². The van der Waals surface area contributed by atoms with Crippen molar-refractivity contribution < 1.29 is 5.11 Å². The maximum absolute atomic E-state index is 10.4. The van der Waals surface area contributed by atoms with E-state index in [1.54, 1.807) is 18.3 Å². The predicted octanol–water partition coefficient (Wildman–Crippen LogP) is 2.25. The number of β-amino-alcohol motifs (C(OH)–C–C–N with tert-alkyl or cyclic N) is 1. The first kappa shape index (κ1) is 14.5. The molecule has 0 amide bonds. The van der Waals surface area contributed by atoms with Crippen molar-refractivity contribution >= 4 is 10.9 Å². The summed E-state index contributed by atoms with van der Waals surface area (Å²) < 4.78 is 0. The van der Waals surface area contributed by atoms with E-state index in [1.807, 2.05) is 0 Å². The van der Waals surface area contributed by atoms with Crippen LogP contribution in [0.2, 0.25) is 0 Å². The Labute approximate surface area is 118 Å². The third-order valence-electron chi connectivity index (χ3n) is 3.74. The highest BCUT2D eigenvalue weighted by Gasteiger charge is 2.19. The Bertz CT molecular complexity index is 639. The van der Waals surface area contributed by atoms with Gasteiger partial charge in [-0.3, -0.25) is 5.10 Å². The van der Waals surface area contributed by atoms with Crippen molar-refractivity contribution in [1.29, 1.82) is 5.26 Å². The van der Waals surface area contributed by atoms with Crippen molar-refractivity contribution in [2.45, 2.75) is 38.8 Å². The summed E-state index contributed by atoms with van der Waals surface area (Å²) in [5, 5.41) is 30.5. The standard InChI is InChI=1S/C15H20N4O/c1-4-15(2,3)17-9-14(20)11-5-10(7-16)6-13-12(11)8-18-19-13/h5-6,8,14,17,20H,4,9H2,1-3H3,(H,18,19)/t14-/m0/s1. The van der Waals surface area contributed by atoms with Crippen LogP contribution in [0, 0.1) is 11.3 Å². The van der Waals surface area contributed by atoms with Crippen LogP contribution in [0.3, 0.4) is 0 Å². The Kier molecular flexibility index (Phi) is 4.07. The van der Waals surface area contributed by atoms with Crippen LogP contribution in [-0.2, 0) is 0 Å². The summed E-state index contributed by atoms with van der Waals surface area (Å²) in [4.78, 5) is 0. The number of hydrogen-bond donors (Lipinski definition) is 3. The molecule has 0 radical (unpaired) electrons. The van der Waals surface area contributed by atoms with Gasteiger partial charge >= 0.3 is 0 Å². The van der Waals surface area contributed by atoms with Crippen molar-refractivity contribution in [3.63, 3.8) is 0 Å². The smallest absolute Gasteiger partial charge is 0.0992 e. The van der Waals surface area contributed by atoms with Gasteiger partial charge < -0.3 is 10.4 Å². The van der Waals surface area contributed by atoms with Gasteiger partial charge in [0.15, 0.2) is 0 Å². The lowest BCUT2D eigenvalue weighted by molar-refractivity contribution is 0.161. The normalized spacial score (nSPS) is 13.3. The van der Waals surface area contributed by atoms with Crippen LogP contribution in [-0.4, -0.2) is 27.4 Å². The van der Waals surface area contributed by atoms with Crippen LogP contribution in [0.15, 0.2) is 18.3 Å². The van der Waals surface area contributed by atoms with E-state index in [1.165, 1.54) is 0 Å². The molecule has 5 nitrogen and oxygen atoms in total. The molecule has 0 fully saturated rings. The number of fused-ring (bicyclic) bond motifs is 1. The van der Waals surface area contributed by atoms with Crippen LogP contribution in [0.1, 0.15) is 44.4 Å². The van der Waals surface area contributed by atoms with E-state index in [9.17, 15) is 5.11 Å². The fraction of sp³-hybridized carbons (Fsp3) is 0.467. The average Bonchev–Trinajstić information content (AvgIpc) is 2.91. The summed E-state index contributed by atoms with van der Waals surface area (Å²) in [6.45, 7) is 6.73. The predicted molar refractivity (Wildman–Crippen MR) is 78.1 cm³/mol. The first-order valence-electron chi connectivity index (χ1n) is 6.77. The molecule has 2 aromatic rings. The van der Waals surface area contributed by atoms with Gasteiger partial charge in [0.05, 0.1) is 29.5 Å². The molecule has 0 aliphatic rings. The van der Waals surface area contributed by atoms with Crippen molar-refractivity contribution in [3.8, 4) is 6.07 Å². The quantitative estimate of drug-likeness (QED) is 0.779. The first-order valence-corrected chi connectivity index (χ1v) is 6.77. The summed E-state index contributed by atoms with van der Waals surface area (Å²) in [7, 11) is 0. The van der Waals surface area contributed by atoms with E-state index >= 15 is 0 Å². The number of aliphatic hydroxyl groups is 1. The van der Waals surface area contributed by atoms with E-state index < -0.39 is 6.10 Å². The summed E-state index contributed by atoms with van der Waals surface area (Å²) in [5.74, 6) is 0. The summed E-state index contributed by atoms with van der Waals surface area (Å²) in [5.41, 5.74) is 1.99. The zero-order valence-electron chi connectivity index (χ0n) is 12.1. The lowest BCUT2D eigenvalue weighted by Crippen LogP contribution is -2.40. The Morgan fingerprint density at radius 1 is 1.50 bits per heavy atom.